The Morgan fingerprint density at radius 3 is 2.11 bits per heavy atom. The normalized spacial score (nSPS) is 10.6. The number of hydrogen-bond acceptors (Lipinski definition) is 7. The molecule has 0 bridgehead atoms. The molecule has 0 radical (unpaired) electrons. The average Bonchev–Trinajstić information content (AvgIpc) is 2.87. The average molecular weight is 472 g/mol. The molecule has 0 aromatic heterocycles. The van der Waals surface area contributed by atoms with Gasteiger partial charge in [0.1, 0.15) is 17.4 Å². The number of nitrogens with zero attached hydrogens (tertiary/aromatic N) is 1. The van der Waals surface area contributed by atoms with E-state index < -0.39 is 17.8 Å². The van der Waals surface area contributed by atoms with Crippen LogP contribution in [-0.2, 0) is 4.79 Å². The second-order valence-electron chi connectivity index (χ2n) is 7.03. The minimum absolute atomic E-state index is 0.0639. The van der Waals surface area contributed by atoms with E-state index in [-0.39, 0.29) is 22.6 Å². The third kappa shape index (κ3) is 6.24. The first kappa shape index (κ1) is 24.5. The number of amides is 1. The van der Waals surface area contributed by atoms with Crippen molar-refractivity contribution >= 4 is 29.6 Å². The van der Waals surface area contributed by atoms with E-state index in [2.05, 4.69) is 5.32 Å². The molecule has 0 aliphatic heterocycles. The Hall–Kier alpha value is -5.10. The number of benzene rings is 3. The van der Waals surface area contributed by atoms with E-state index in [1.807, 2.05) is 6.07 Å². The number of esters is 1. The fourth-order valence-corrected chi connectivity index (χ4v) is 2.96. The Morgan fingerprint density at radius 2 is 1.54 bits per heavy atom. The number of aromatic carboxylic acids is 1. The zero-order chi connectivity index (χ0) is 25.4. The summed E-state index contributed by atoms with van der Waals surface area (Å²) in [6, 6.07) is 18.3. The zero-order valence-corrected chi connectivity index (χ0v) is 18.8. The predicted octanol–water partition coefficient (Wildman–Crippen LogP) is 4.17. The van der Waals surface area contributed by atoms with E-state index in [9.17, 15) is 19.6 Å². The maximum Gasteiger partial charge on any atom is 0.343 e. The van der Waals surface area contributed by atoms with Crippen molar-refractivity contribution in [3.63, 3.8) is 0 Å². The van der Waals surface area contributed by atoms with Crippen LogP contribution in [-0.4, -0.2) is 37.2 Å². The lowest BCUT2D eigenvalue weighted by atomic mass is 10.1. The molecule has 0 heterocycles. The third-order valence-electron chi connectivity index (χ3n) is 4.78. The maximum absolute atomic E-state index is 12.6. The lowest BCUT2D eigenvalue weighted by Gasteiger charge is -2.11. The lowest BCUT2D eigenvalue weighted by molar-refractivity contribution is -0.112. The second-order valence-corrected chi connectivity index (χ2v) is 7.03. The van der Waals surface area contributed by atoms with Gasteiger partial charge in [-0.3, -0.25) is 4.79 Å². The van der Waals surface area contributed by atoms with Crippen molar-refractivity contribution in [3.05, 3.63) is 89.0 Å². The standard InChI is InChI=1S/C26H20N2O7/c1-33-21-10-6-18(7-11-21)26(32)35-23-14-16(3-12-22(23)34-2)13-19(15-27)24(29)28-20-8-4-17(5-9-20)25(30)31/h3-14H,1-2H3,(H,28,29)(H,30,31)/b19-13+. The number of nitriles is 1. The van der Waals surface area contributed by atoms with Crippen LogP contribution in [0.2, 0.25) is 0 Å². The number of nitrogens with one attached hydrogen (secondary N) is 1. The van der Waals surface area contributed by atoms with Crippen molar-refractivity contribution in [1.82, 2.24) is 0 Å². The summed E-state index contributed by atoms with van der Waals surface area (Å²) in [5.74, 6) is -1.44. The molecule has 0 saturated heterocycles. The van der Waals surface area contributed by atoms with Crippen LogP contribution in [0.1, 0.15) is 26.3 Å². The maximum atomic E-state index is 12.6. The van der Waals surface area contributed by atoms with Crippen molar-refractivity contribution in [2.24, 2.45) is 0 Å². The van der Waals surface area contributed by atoms with E-state index in [0.29, 0.717) is 22.6 Å². The molecule has 3 aromatic rings. The summed E-state index contributed by atoms with van der Waals surface area (Å²) in [5.41, 5.74) is 0.875. The van der Waals surface area contributed by atoms with Crippen LogP contribution in [0.15, 0.2) is 72.3 Å². The van der Waals surface area contributed by atoms with Gasteiger partial charge in [-0.2, -0.15) is 5.26 Å². The van der Waals surface area contributed by atoms with Crippen molar-refractivity contribution in [3.8, 4) is 23.3 Å². The molecule has 2 N–H and O–H groups in total. The Kier molecular flexibility index (Phi) is 7.82. The number of carbonyl (C=O) groups is 3. The molecular weight excluding hydrogens is 452 g/mol. The number of carboxylic acids is 1. The van der Waals surface area contributed by atoms with Crippen LogP contribution in [0.3, 0.4) is 0 Å². The molecule has 0 aliphatic rings. The minimum atomic E-state index is -1.09. The smallest absolute Gasteiger partial charge is 0.343 e. The second kappa shape index (κ2) is 11.2. The van der Waals surface area contributed by atoms with E-state index >= 15 is 0 Å². The van der Waals surface area contributed by atoms with E-state index in [1.165, 1.54) is 50.6 Å². The Bertz CT molecular complexity index is 1320. The van der Waals surface area contributed by atoms with Crippen molar-refractivity contribution < 1.29 is 33.7 Å². The monoisotopic (exact) mass is 472 g/mol. The summed E-state index contributed by atoms with van der Waals surface area (Å²) in [6.07, 6.45) is 1.32. The van der Waals surface area contributed by atoms with Crippen LogP contribution < -0.4 is 19.5 Å². The van der Waals surface area contributed by atoms with Crippen molar-refractivity contribution in [2.75, 3.05) is 19.5 Å². The fraction of sp³-hybridized carbons (Fsp3) is 0.0769. The van der Waals surface area contributed by atoms with Gasteiger partial charge < -0.3 is 24.6 Å². The molecule has 176 valence electrons. The van der Waals surface area contributed by atoms with Gasteiger partial charge in [0.25, 0.3) is 5.91 Å². The summed E-state index contributed by atoms with van der Waals surface area (Å²) in [5, 5.41) is 21.0. The zero-order valence-electron chi connectivity index (χ0n) is 18.8. The van der Waals surface area contributed by atoms with Gasteiger partial charge in [-0.1, -0.05) is 6.07 Å². The molecule has 35 heavy (non-hydrogen) atoms. The molecule has 3 rings (SSSR count). The molecule has 0 aliphatic carbocycles. The minimum Gasteiger partial charge on any atom is -0.497 e. The Morgan fingerprint density at radius 1 is 0.886 bits per heavy atom. The van der Waals surface area contributed by atoms with Crippen LogP contribution >= 0.6 is 0 Å². The van der Waals surface area contributed by atoms with Crippen LogP contribution in [0, 0.1) is 11.3 Å². The molecule has 9 heteroatoms. The van der Waals surface area contributed by atoms with Gasteiger partial charge in [-0.25, -0.2) is 9.59 Å². The molecule has 9 nitrogen and oxygen atoms in total. The third-order valence-corrected chi connectivity index (χ3v) is 4.78. The first-order chi connectivity index (χ1) is 16.8. The van der Waals surface area contributed by atoms with Crippen molar-refractivity contribution in [2.45, 2.75) is 0 Å². The summed E-state index contributed by atoms with van der Waals surface area (Å²) in [4.78, 5) is 36.1. The molecule has 3 aromatic carbocycles. The van der Waals surface area contributed by atoms with Crippen LogP contribution in [0.25, 0.3) is 6.08 Å². The SMILES string of the molecule is COc1ccc(C(=O)Oc2cc(/C=C(\C#N)C(=O)Nc3ccc(C(=O)O)cc3)ccc2OC)cc1. The molecule has 0 unspecified atom stereocenters. The Balaban J connectivity index is 1.80. The number of anilines is 1. The van der Waals surface area contributed by atoms with Gasteiger partial charge in [0.2, 0.25) is 0 Å². The summed E-state index contributed by atoms with van der Waals surface area (Å²) >= 11 is 0. The summed E-state index contributed by atoms with van der Waals surface area (Å²) in [7, 11) is 2.93. The number of carbonyl (C=O) groups excluding carboxylic acids is 2. The quantitative estimate of drug-likeness (QED) is 0.216. The molecule has 0 fully saturated rings. The van der Waals surface area contributed by atoms with Gasteiger partial charge in [-0.05, 0) is 72.3 Å². The Labute approximate surface area is 200 Å². The molecular formula is C26H20N2O7. The molecule has 1 amide bonds. The molecule has 0 saturated carbocycles. The van der Waals surface area contributed by atoms with Crippen LogP contribution in [0.5, 0.6) is 17.2 Å². The topological polar surface area (TPSA) is 135 Å². The highest BCUT2D eigenvalue weighted by atomic mass is 16.6. The highest BCUT2D eigenvalue weighted by Gasteiger charge is 2.15. The predicted molar refractivity (Wildman–Crippen MR) is 127 cm³/mol. The fourth-order valence-electron chi connectivity index (χ4n) is 2.96. The van der Waals surface area contributed by atoms with Gasteiger partial charge in [-0.15, -0.1) is 0 Å². The highest BCUT2D eigenvalue weighted by Crippen LogP contribution is 2.30. The van der Waals surface area contributed by atoms with Gasteiger partial charge in [0.15, 0.2) is 11.5 Å². The lowest BCUT2D eigenvalue weighted by Crippen LogP contribution is -2.13. The molecule has 0 atom stereocenters. The number of carboxylic acid groups (broad SMARTS) is 1. The highest BCUT2D eigenvalue weighted by molar-refractivity contribution is 6.09. The first-order valence-corrected chi connectivity index (χ1v) is 10.2. The van der Waals surface area contributed by atoms with Gasteiger partial charge in [0.05, 0.1) is 25.3 Å². The van der Waals surface area contributed by atoms with E-state index in [1.54, 1.807) is 36.4 Å². The van der Waals surface area contributed by atoms with E-state index in [0.717, 1.165) is 0 Å². The van der Waals surface area contributed by atoms with Crippen LogP contribution in [0.4, 0.5) is 5.69 Å². The summed E-state index contributed by atoms with van der Waals surface area (Å²) in [6.45, 7) is 0. The first-order valence-electron chi connectivity index (χ1n) is 10.2. The summed E-state index contributed by atoms with van der Waals surface area (Å²) < 4.78 is 15.8. The van der Waals surface area contributed by atoms with Gasteiger partial charge >= 0.3 is 11.9 Å². The van der Waals surface area contributed by atoms with Gasteiger partial charge in [0, 0.05) is 5.69 Å². The number of methoxy groups -OCH3 is 2. The van der Waals surface area contributed by atoms with E-state index in [4.69, 9.17) is 19.3 Å². The number of hydrogen-bond donors (Lipinski definition) is 2. The molecule has 0 spiro atoms. The largest absolute Gasteiger partial charge is 0.497 e. The number of rotatable bonds is 8. The van der Waals surface area contributed by atoms with Crippen molar-refractivity contribution in [1.29, 1.82) is 5.26 Å². The number of ether oxygens (including phenoxy) is 3.